The van der Waals surface area contributed by atoms with E-state index in [1.807, 2.05) is 0 Å². The molecule has 3 aromatic carbocycles. The molecule has 0 unspecified atom stereocenters. The van der Waals surface area contributed by atoms with Crippen molar-refractivity contribution >= 4 is 17.1 Å². The van der Waals surface area contributed by atoms with E-state index in [9.17, 15) is 0 Å². The fourth-order valence-corrected chi connectivity index (χ4v) is 4.89. The van der Waals surface area contributed by atoms with Gasteiger partial charge in [-0.2, -0.15) is 0 Å². The summed E-state index contributed by atoms with van der Waals surface area (Å²) in [5, 5.41) is 0. The average Bonchev–Trinajstić information content (AvgIpc) is 2.84. The fraction of sp³-hybridized carbons (Fsp3) is 0.308. The summed E-state index contributed by atoms with van der Waals surface area (Å²) in [6.07, 6.45) is 7.27. The maximum atomic E-state index is 2.56. The van der Waals surface area contributed by atoms with E-state index in [2.05, 4.69) is 73.3 Å². The van der Waals surface area contributed by atoms with Crippen LogP contribution in [0.5, 0.6) is 0 Å². The van der Waals surface area contributed by atoms with Gasteiger partial charge >= 0.3 is 0 Å². The first-order valence-corrected chi connectivity index (χ1v) is 10.3. The minimum Gasteiger partial charge on any atom is -0.310 e. The van der Waals surface area contributed by atoms with Gasteiger partial charge in [0.05, 0.1) is 0 Å². The van der Waals surface area contributed by atoms with Crippen LogP contribution in [0.2, 0.25) is 0 Å². The zero-order valence-electron chi connectivity index (χ0n) is 16.4. The third-order valence-corrected chi connectivity index (χ3v) is 6.23. The molecule has 0 amide bonds. The number of hydrogen-bond donors (Lipinski definition) is 0. The minimum atomic E-state index is 1.11. The number of nitrogens with zero attached hydrogens (tertiary/aromatic N) is 1. The second-order valence-corrected chi connectivity index (χ2v) is 8.22. The van der Waals surface area contributed by atoms with Crippen LogP contribution < -0.4 is 4.90 Å². The van der Waals surface area contributed by atoms with E-state index in [-0.39, 0.29) is 0 Å². The van der Waals surface area contributed by atoms with Crippen molar-refractivity contribution in [2.24, 2.45) is 0 Å². The molecule has 0 fully saturated rings. The normalized spacial score (nSPS) is 15.6. The van der Waals surface area contributed by atoms with Crippen molar-refractivity contribution in [3.63, 3.8) is 0 Å². The lowest BCUT2D eigenvalue weighted by Gasteiger charge is -2.31. The zero-order valence-corrected chi connectivity index (χ0v) is 16.4. The van der Waals surface area contributed by atoms with Gasteiger partial charge in [0.2, 0.25) is 0 Å². The highest BCUT2D eigenvalue weighted by Crippen LogP contribution is 2.45. The van der Waals surface area contributed by atoms with Gasteiger partial charge in [-0.15, -0.1) is 0 Å². The van der Waals surface area contributed by atoms with Crippen molar-refractivity contribution in [2.75, 3.05) is 4.90 Å². The molecule has 0 saturated heterocycles. The molecule has 5 rings (SSSR count). The molecule has 1 heterocycles. The monoisotopic (exact) mass is 353 g/mol. The van der Waals surface area contributed by atoms with E-state index in [1.165, 1.54) is 65.0 Å². The second kappa shape index (κ2) is 6.56. The van der Waals surface area contributed by atoms with Gasteiger partial charge in [-0.3, -0.25) is 0 Å². The van der Waals surface area contributed by atoms with Gasteiger partial charge in [-0.25, -0.2) is 0 Å². The van der Waals surface area contributed by atoms with Gasteiger partial charge in [-0.05, 0) is 92.8 Å². The standard InChI is InChI=1S/C26H27N/c1-18-10-14-24-21(16-18)12-13-22-17-19(2)11-15-25(22)27(24)26-9-5-7-20-6-3-4-8-23(20)26/h5,7,9-11,14-17H,3-4,6,8,12-13H2,1-2H3. The summed E-state index contributed by atoms with van der Waals surface area (Å²) in [5.74, 6) is 0. The van der Waals surface area contributed by atoms with Crippen molar-refractivity contribution < 1.29 is 0 Å². The van der Waals surface area contributed by atoms with Crippen molar-refractivity contribution in [3.8, 4) is 0 Å². The number of rotatable bonds is 1. The van der Waals surface area contributed by atoms with E-state index in [1.54, 1.807) is 11.1 Å². The second-order valence-electron chi connectivity index (χ2n) is 8.22. The van der Waals surface area contributed by atoms with Gasteiger partial charge < -0.3 is 4.90 Å². The molecule has 1 heteroatoms. The zero-order chi connectivity index (χ0) is 18.4. The summed E-state index contributed by atoms with van der Waals surface area (Å²) in [7, 11) is 0. The molecule has 2 aliphatic rings. The predicted octanol–water partition coefficient (Wildman–Crippen LogP) is 6.75. The number of benzene rings is 3. The Morgan fingerprint density at radius 1 is 0.593 bits per heavy atom. The number of aryl methyl sites for hydroxylation is 5. The van der Waals surface area contributed by atoms with Crippen LogP contribution in [0.15, 0.2) is 54.6 Å². The average molecular weight is 354 g/mol. The van der Waals surface area contributed by atoms with E-state index in [0.29, 0.717) is 0 Å². The van der Waals surface area contributed by atoms with E-state index >= 15 is 0 Å². The Hall–Kier alpha value is -2.54. The first-order chi connectivity index (χ1) is 13.2. The summed E-state index contributed by atoms with van der Waals surface area (Å²) in [4.78, 5) is 2.56. The van der Waals surface area contributed by atoms with Crippen molar-refractivity contribution in [3.05, 3.63) is 88.0 Å². The highest BCUT2D eigenvalue weighted by Gasteiger charge is 2.25. The van der Waals surface area contributed by atoms with E-state index in [4.69, 9.17) is 0 Å². The quantitative estimate of drug-likeness (QED) is 0.467. The Bertz CT molecular complexity index is 961. The molecule has 0 saturated carbocycles. The van der Waals surface area contributed by atoms with Crippen molar-refractivity contribution in [1.82, 2.24) is 0 Å². The Morgan fingerprint density at radius 2 is 1.22 bits per heavy atom. The van der Waals surface area contributed by atoms with Crippen LogP contribution in [-0.2, 0) is 25.7 Å². The third-order valence-electron chi connectivity index (χ3n) is 6.23. The maximum absolute atomic E-state index is 2.56. The van der Waals surface area contributed by atoms with Crippen LogP contribution >= 0.6 is 0 Å². The molecule has 1 aliphatic carbocycles. The van der Waals surface area contributed by atoms with Gasteiger partial charge in [0.25, 0.3) is 0 Å². The molecule has 0 N–H and O–H groups in total. The minimum absolute atomic E-state index is 1.11. The fourth-order valence-electron chi connectivity index (χ4n) is 4.89. The predicted molar refractivity (Wildman–Crippen MR) is 115 cm³/mol. The molecule has 0 aromatic heterocycles. The Balaban J connectivity index is 1.78. The maximum Gasteiger partial charge on any atom is 0.0496 e. The lowest BCUT2D eigenvalue weighted by molar-refractivity contribution is 0.686. The molecule has 0 atom stereocenters. The van der Waals surface area contributed by atoms with Gasteiger partial charge in [-0.1, -0.05) is 47.5 Å². The number of fused-ring (bicyclic) bond motifs is 3. The molecule has 27 heavy (non-hydrogen) atoms. The van der Waals surface area contributed by atoms with Crippen LogP contribution in [0.1, 0.15) is 46.2 Å². The van der Waals surface area contributed by atoms with Gasteiger partial charge in [0.1, 0.15) is 0 Å². The Labute approximate surface area is 162 Å². The highest BCUT2D eigenvalue weighted by atomic mass is 15.2. The van der Waals surface area contributed by atoms with Crippen LogP contribution in [-0.4, -0.2) is 0 Å². The highest BCUT2D eigenvalue weighted by molar-refractivity contribution is 5.83. The lowest BCUT2D eigenvalue weighted by Crippen LogP contribution is -2.16. The van der Waals surface area contributed by atoms with Gasteiger partial charge in [0.15, 0.2) is 0 Å². The SMILES string of the molecule is Cc1ccc2c(c1)CCc1cc(C)ccc1N2c1cccc2c1CCCC2. The topological polar surface area (TPSA) is 3.24 Å². The van der Waals surface area contributed by atoms with Gasteiger partial charge in [0, 0.05) is 17.1 Å². The van der Waals surface area contributed by atoms with Crippen LogP contribution in [0.25, 0.3) is 0 Å². The molecular weight excluding hydrogens is 326 g/mol. The lowest BCUT2D eigenvalue weighted by atomic mass is 9.89. The molecule has 136 valence electrons. The molecular formula is C26H27N. The molecule has 0 radical (unpaired) electrons. The van der Waals surface area contributed by atoms with Crippen molar-refractivity contribution in [2.45, 2.75) is 52.4 Å². The Kier molecular flexibility index (Phi) is 4.04. The van der Waals surface area contributed by atoms with E-state index < -0.39 is 0 Å². The van der Waals surface area contributed by atoms with E-state index in [0.717, 1.165) is 12.8 Å². The smallest absolute Gasteiger partial charge is 0.0496 e. The van der Waals surface area contributed by atoms with Crippen LogP contribution in [0.4, 0.5) is 17.1 Å². The molecule has 0 spiro atoms. The first-order valence-electron chi connectivity index (χ1n) is 10.3. The molecule has 1 aliphatic heterocycles. The Morgan fingerprint density at radius 3 is 1.89 bits per heavy atom. The molecule has 0 bridgehead atoms. The molecule has 1 nitrogen and oxygen atoms in total. The summed E-state index contributed by atoms with van der Waals surface area (Å²) < 4.78 is 0. The number of hydrogen-bond acceptors (Lipinski definition) is 1. The third kappa shape index (κ3) is 2.86. The summed E-state index contributed by atoms with van der Waals surface area (Å²) in [6.45, 7) is 4.41. The first kappa shape index (κ1) is 16.6. The van der Waals surface area contributed by atoms with Crippen molar-refractivity contribution in [1.29, 1.82) is 0 Å². The van der Waals surface area contributed by atoms with Crippen LogP contribution in [0.3, 0.4) is 0 Å². The summed E-state index contributed by atoms with van der Waals surface area (Å²) >= 11 is 0. The summed E-state index contributed by atoms with van der Waals surface area (Å²) in [5.41, 5.74) is 12.9. The number of anilines is 3. The molecule has 3 aromatic rings. The van der Waals surface area contributed by atoms with Crippen LogP contribution in [0, 0.1) is 13.8 Å². The largest absolute Gasteiger partial charge is 0.310 e. The summed E-state index contributed by atoms with van der Waals surface area (Å²) in [6, 6.07) is 20.9.